The Hall–Kier alpha value is -1.87. The fourth-order valence-electron chi connectivity index (χ4n) is 4.02. The third-order valence-electron chi connectivity index (χ3n) is 5.09. The fourth-order valence-corrected chi connectivity index (χ4v) is 4.02. The number of esters is 1. The van der Waals surface area contributed by atoms with Gasteiger partial charge in [-0.2, -0.15) is 0 Å². The van der Waals surface area contributed by atoms with Crippen LogP contribution in [0.1, 0.15) is 18.4 Å². The maximum atomic E-state index is 12.3. The average molecular weight is 282 g/mol. The number of benzene rings is 2. The Morgan fingerprint density at radius 1 is 1.19 bits per heavy atom. The Bertz CT molecular complexity index is 708. The van der Waals surface area contributed by atoms with E-state index < -0.39 is 5.41 Å². The van der Waals surface area contributed by atoms with E-state index in [1.165, 1.54) is 10.8 Å². The van der Waals surface area contributed by atoms with Gasteiger partial charge >= 0.3 is 5.97 Å². The molecule has 21 heavy (non-hydrogen) atoms. The van der Waals surface area contributed by atoms with E-state index >= 15 is 0 Å². The van der Waals surface area contributed by atoms with Crippen molar-refractivity contribution in [3.63, 3.8) is 0 Å². The second kappa shape index (κ2) is 4.57. The molecule has 0 aromatic heterocycles. The molecule has 2 aromatic rings. The fraction of sp³-hybridized carbons (Fsp3) is 0.389. The van der Waals surface area contributed by atoms with Gasteiger partial charge in [-0.25, -0.2) is 0 Å². The molecule has 0 amide bonds. The first-order chi connectivity index (χ1) is 10.2. The van der Waals surface area contributed by atoms with Crippen molar-refractivity contribution in [1.82, 2.24) is 0 Å². The van der Waals surface area contributed by atoms with Crippen molar-refractivity contribution in [3.8, 4) is 0 Å². The summed E-state index contributed by atoms with van der Waals surface area (Å²) in [5, 5.41) is 12.4. The first kappa shape index (κ1) is 12.8. The maximum Gasteiger partial charge on any atom is 0.312 e. The van der Waals surface area contributed by atoms with Crippen LogP contribution in [0.4, 0.5) is 0 Å². The SMILES string of the molecule is O=C1OC[C@H]2C[C@H](O)C[C@]12Cc1ccc2ccccc2c1. The number of cyclic esters (lactones) is 1. The molecule has 2 fully saturated rings. The van der Waals surface area contributed by atoms with Crippen molar-refractivity contribution >= 4 is 16.7 Å². The van der Waals surface area contributed by atoms with E-state index in [0.29, 0.717) is 25.9 Å². The molecule has 0 spiro atoms. The van der Waals surface area contributed by atoms with Gasteiger partial charge in [-0.1, -0.05) is 42.5 Å². The van der Waals surface area contributed by atoms with Crippen LogP contribution in [0.5, 0.6) is 0 Å². The minimum absolute atomic E-state index is 0.128. The van der Waals surface area contributed by atoms with Gasteiger partial charge < -0.3 is 9.84 Å². The number of carbonyl (C=O) groups is 1. The molecule has 1 N–H and O–H groups in total. The van der Waals surface area contributed by atoms with E-state index in [1.807, 2.05) is 12.1 Å². The van der Waals surface area contributed by atoms with E-state index in [1.54, 1.807) is 0 Å². The highest BCUT2D eigenvalue weighted by Crippen LogP contribution is 2.50. The van der Waals surface area contributed by atoms with Crippen LogP contribution in [0, 0.1) is 11.3 Å². The summed E-state index contributed by atoms with van der Waals surface area (Å²) in [5.41, 5.74) is 0.633. The zero-order chi connectivity index (χ0) is 14.4. The lowest BCUT2D eigenvalue weighted by molar-refractivity contribution is -0.147. The summed E-state index contributed by atoms with van der Waals surface area (Å²) in [7, 11) is 0. The molecule has 1 saturated carbocycles. The molecule has 2 aromatic carbocycles. The van der Waals surface area contributed by atoms with E-state index in [4.69, 9.17) is 4.74 Å². The quantitative estimate of drug-likeness (QED) is 0.861. The monoisotopic (exact) mass is 282 g/mol. The van der Waals surface area contributed by atoms with Crippen molar-refractivity contribution in [2.75, 3.05) is 6.61 Å². The molecule has 3 nitrogen and oxygen atoms in total. The van der Waals surface area contributed by atoms with Crippen LogP contribution < -0.4 is 0 Å². The Kier molecular flexibility index (Phi) is 2.79. The van der Waals surface area contributed by atoms with Crippen LogP contribution in [-0.2, 0) is 16.0 Å². The van der Waals surface area contributed by atoms with Crippen LogP contribution in [-0.4, -0.2) is 23.8 Å². The van der Waals surface area contributed by atoms with Gasteiger partial charge in [0.25, 0.3) is 0 Å². The third-order valence-corrected chi connectivity index (χ3v) is 5.09. The molecule has 0 radical (unpaired) electrons. The minimum Gasteiger partial charge on any atom is -0.465 e. The molecule has 0 bridgehead atoms. The summed E-state index contributed by atoms with van der Waals surface area (Å²) in [6.07, 6.45) is 1.50. The average Bonchev–Trinajstić information content (AvgIpc) is 2.94. The highest BCUT2D eigenvalue weighted by molar-refractivity contribution is 5.84. The first-order valence-corrected chi connectivity index (χ1v) is 7.50. The number of hydrogen-bond donors (Lipinski definition) is 1. The number of ether oxygens (including phenoxy) is 1. The van der Waals surface area contributed by atoms with Gasteiger partial charge in [-0.05, 0) is 35.6 Å². The number of carbonyl (C=O) groups excluding carboxylic acids is 1. The van der Waals surface area contributed by atoms with Crippen LogP contribution in [0.15, 0.2) is 42.5 Å². The number of rotatable bonds is 2. The largest absolute Gasteiger partial charge is 0.465 e. The Morgan fingerprint density at radius 2 is 2.00 bits per heavy atom. The van der Waals surface area contributed by atoms with Crippen molar-refractivity contribution < 1.29 is 14.6 Å². The zero-order valence-electron chi connectivity index (χ0n) is 11.8. The van der Waals surface area contributed by atoms with Crippen molar-refractivity contribution in [2.24, 2.45) is 11.3 Å². The van der Waals surface area contributed by atoms with Gasteiger partial charge in [0.2, 0.25) is 0 Å². The molecule has 1 saturated heterocycles. The highest BCUT2D eigenvalue weighted by atomic mass is 16.5. The molecule has 0 unspecified atom stereocenters. The Morgan fingerprint density at radius 3 is 2.86 bits per heavy atom. The van der Waals surface area contributed by atoms with E-state index in [9.17, 15) is 9.90 Å². The first-order valence-electron chi connectivity index (χ1n) is 7.50. The maximum absolute atomic E-state index is 12.3. The lowest BCUT2D eigenvalue weighted by Gasteiger charge is -2.24. The van der Waals surface area contributed by atoms with Gasteiger partial charge in [0.05, 0.1) is 18.1 Å². The molecule has 4 rings (SSSR count). The lowest BCUT2D eigenvalue weighted by Crippen LogP contribution is -2.32. The Balaban J connectivity index is 1.71. The number of fused-ring (bicyclic) bond motifs is 2. The molecule has 2 aliphatic rings. The highest BCUT2D eigenvalue weighted by Gasteiger charge is 2.57. The molecule has 1 aliphatic heterocycles. The Labute approximate surface area is 123 Å². The predicted molar refractivity (Wildman–Crippen MR) is 79.8 cm³/mol. The zero-order valence-corrected chi connectivity index (χ0v) is 11.8. The summed E-state index contributed by atoms with van der Waals surface area (Å²) in [6.45, 7) is 0.462. The summed E-state index contributed by atoms with van der Waals surface area (Å²) in [5.74, 6) is 0.0312. The van der Waals surface area contributed by atoms with Crippen LogP contribution in [0.2, 0.25) is 0 Å². The second-order valence-corrected chi connectivity index (χ2v) is 6.40. The van der Waals surface area contributed by atoms with Gasteiger partial charge in [0, 0.05) is 5.92 Å². The van der Waals surface area contributed by atoms with E-state index in [2.05, 4.69) is 30.3 Å². The number of hydrogen-bond acceptors (Lipinski definition) is 3. The van der Waals surface area contributed by atoms with E-state index in [0.717, 1.165) is 5.56 Å². The predicted octanol–water partition coefficient (Wildman–Crippen LogP) is 2.70. The van der Waals surface area contributed by atoms with Gasteiger partial charge in [0.15, 0.2) is 0 Å². The third kappa shape index (κ3) is 1.95. The minimum atomic E-state index is -0.512. The second-order valence-electron chi connectivity index (χ2n) is 6.40. The molecule has 1 aliphatic carbocycles. The molecular formula is C18H18O3. The van der Waals surface area contributed by atoms with Crippen LogP contribution in [0.25, 0.3) is 10.8 Å². The molecule has 3 heteroatoms. The lowest BCUT2D eigenvalue weighted by atomic mass is 9.75. The summed E-state index contributed by atoms with van der Waals surface area (Å²) in [4.78, 5) is 12.3. The van der Waals surface area contributed by atoms with Crippen molar-refractivity contribution in [2.45, 2.75) is 25.4 Å². The smallest absolute Gasteiger partial charge is 0.312 e. The van der Waals surface area contributed by atoms with Crippen molar-refractivity contribution in [3.05, 3.63) is 48.0 Å². The summed E-state index contributed by atoms with van der Waals surface area (Å²) in [6, 6.07) is 14.6. The van der Waals surface area contributed by atoms with Crippen LogP contribution >= 0.6 is 0 Å². The summed E-state index contributed by atoms with van der Waals surface area (Å²) >= 11 is 0. The van der Waals surface area contributed by atoms with Crippen molar-refractivity contribution in [1.29, 1.82) is 0 Å². The molecule has 3 atom stereocenters. The topological polar surface area (TPSA) is 46.5 Å². The van der Waals surface area contributed by atoms with E-state index in [-0.39, 0.29) is 18.0 Å². The number of aliphatic hydroxyl groups is 1. The van der Waals surface area contributed by atoms with Gasteiger partial charge in [0.1, 0.15) is 0 Å². The van der Waals surface area contributed by atoms with Gasteiger partial charge in [-0.3, -0.25) is 4.79 Å². The summed E-state index contributed by atoms with van der Waals surface area (Å²) < 4.78 is 5.28. The van der Waals surface area contributed by atoms with Gasteiger partial charge in [-0.15, -0.1) is 0 Å². The number of aliphatic hydroxyl groups excluding tert-OH is 1. The molecular weight excluding hydrogens is 264 g/mol. The van der Waals surface area contributed by atoms with Crippen LogP contribution in [0.3, 0.4) is 0 Å². The molecule has 1 heterocycles. The standard InChI is InChI=1S/C18H18O3/c19-16-8-15-11-21-17(20)18(15,10-16)9-12-5-6-13-3-1-2-4-14(13)7-12/h1-7,15-16,19H,8-11H2/t15-,16+,18+/m1/s1. The normalized spacial score (nSPS) is 31.4. The molecule has 108 valence electrons.